The van der Waals surface area contributed by atoms with E-state index in [1.54, 1.807) is 30.3 Å². The number of nitro benzene ring substituents is 1. The Hall–Kier alpha value is -4.01. The summed E-state index contributed by atoms with van der Waals surface area (Å²) in [4.78, 5) is 47.9. The van der Waals surface area contributed by atoms with E-state index in [-0.39, 0.29) is 36.2 Å². The number of aliphatic carboxylic acids is 1. The summed E-state index contributed by atoms with van der Waals surface area (Å²) >= 11 is 0. The SMILES string of the molecule is O=C([O-])CCCN1C(=O)C(=O)C(=C(O)c2ccccc2)[C@@H]1c1cccc([N+](=O)[O-])c1. The molecule has 2 aromatic carbocycles. The quantitative estimate of drug-likeness (QED) is 0.240. The van der Waals surface area contributed by atoms with E-state index in [1.807, 2.05) is 0 Å². The molecule has 0 radical (unpaired) electrons. The molecule has 30 heavy (non-hydrogen) atoms. The van der Waals surface area contributed by atoms with Gasteiger partial charge in [0.1, 0.15) is 5.76 Å². The average Bonchev–Trinajstić information content (AvgIpc) is 2.98. The third-order valence-electron chi connectivity index (χ3n) is 4.76. The van der Waals surface area contributed by atoms with Gasteiger partial charge in [-0.1, -0.05) is 42.5 Å². The number of benzene rings is 2. The Morgan fingerprint density at radius 1 is 1.10 bits per heavy atom. The standard InChI is InChI=1S/C21H18N2O7/c24-16(25)10-5-11-22-18(14-8-4-9-15(12-14)23(29)30)17(20(27)21(22)28)19(26)13-6-2-1-3-7-13/h1-4,6-9,12,18,26H,5,10-11H2,(H,24,25)/p-1/t18-/m0/s1. The van der Waals surface area contributed by atoms with Crippen LogP contribution in [0.5, 0.6) is 0 Å². The zero-order valence-electron chi connectivity index (χ0n) is 15.7. The molecule has 1 heterocycles. The lowest BCUT2D eigenvalue weighted by Gasteiger charge is -2.25. The molecule has 9 nitrogen and oxygen atoms in total. The van der Waals surface area contributed by atoms with E-state index < -0.39 is 34.4 Å². The minimum atomic E-state index is -1.30. The van der Waals surface area contributed by atoms with Crippen molar-refractivity contribution >= 4 is 29.1 Å². The number of hydrogen-bond donors (Lipinski definition) is 1. The van der Waals surface area contributed by atoms with E-state index in [1.165, 1.54) is 24.3 Å². The maximum Gasteiger partial charge on any atom is 0.295 e. The molecule has 1 aliphatic heterocycles. The maximum absolute atomic E-state index is 12.8. The number of carboxylic acids is 1. The second kappa shape index (κ2) is 8.56. The number of amides is 1. The van der Waals surface area contributed by atoms with Crippen LogP contribution >= 0.6 is 0 Å². The van der Waals surface area contributed by atoms with Crippen molar-refractivity contribution in [1.82, 2.24) is 4.90 Å². The molecule has 0 unspecified atom stereocenters. The summed E-state index contributed by atoms with van der Waals surface area (Å²) in [6.07, 6.45) is -0.310. The van der Waals surface area contributed by atoms with Gasteiger partial charge in [-0.05, 0) is 18.4 Å². The second-order valence-corrected chi connectivity index (χ2v) is 6.69. The number of carbonyl (C=O) groups is 3. The van der Waals surface area contributed by atoms with Gasteiger partial charge in [0.25, 0.3) is 17.4 Å². The molecule has 1 N–H and O–H groups in total. The number of aliphatic hydroxyl groups excluding tert-OH is 1. The molecule has 1 aliphatic rings. The number of nitrogens with zero attached hydrogens (tertiary/aromatic N) is 2. The molecule has 3 rings (SSSR count). The van der Waals surface area contributed by atoms with E-state index in [2.05, 4.69) is 0 Å². The van der Waals surface area contributed by atoms with E-state index >= 15 is 0 Å². The van der Waals surface area contributed by atoms with Gasteiger partial charge in [0.2, 0.25) is 0 Å². The summed E-state index contributed by atoms with van der Waals surface area (Å²) in [5, 5.41) is 32.7. The molecule has 0 saturated carbocycles. The van der Waals surface area contributed by atoms with Crippen molar-refractivity contribution < 1.29 is 29.5 Å². The third kappa shape index (κ3) is 4.04. The molecule has 1 amide bonds. The predicted molar refractivity (Wildman–Crippen MR) is 103 cm³/mol. The van der Waals surface area contributed by atoms with E-state index in [4.69, 9.17) is 0 Å². The molecule has 0 bridgehead atoms. The van der Waals surface area contributed by atoms with Crippen molar-refractivity contribution in [3.63, 3.8) is 0 Å². The molecule has 154 valence electrons. The molecular weight excluding hydrogens is 392 g/mol. The summed E-state index contributed by atoms with van der Waals surface area (Å²) in [6, 6.07) is 12.4. The monoisotopic (exact) mass is 409 g/mol. The van der Waals surface area contributed by atoms with Crippen LogP contribution in [0.15, 0.2) is 60.2 Å². The van der Waals surface area contributed by atoms with Gasteiger partial charge in [-0.25, -0.2) is 0 Å². The first-order valence-electron chi connectivity index (χ1n) is 9.09. The number of carbonyl (C=O) groups excluding carboxylic acids is 3. The number of Topliss-reactive ketones (excluding diaryl/α,β-unsaturated/α-hetero) is 1. The fraction of sp³-hybridized carbons (Fsp3) is 0.190. The summed E-state index contributed by atoms with van der Waals surface area (Å²) in [5.74, 6) is -3.57. The average molecular weight is 409 g/mol. The summed E-state index contributed by atoms with van der Waals surface area (Å²) in [7, 11) is 0. The van der Waals surface area contributed by atoms with Crippen molar-refractivity contribution in [2.75, 3.05) is 6.54 Å². The smallest absolute Gasteiger partial charge is 0.295 e. The lowest BCUT2D eigenvalue weighted by molar-refractivity contribution is -0.384. The molecule has 0 spiro atoms. The molecule has 2 aromatic rings. The molecule has 0 aromatic heterocycles. The van der Waals surface area contributed by atoms with Crippen molar-refractivity contribution in [2.24, 2.45) is 0 Å². The Morgan fingerprint density at radius 3 is 2.43 bits per heavy atom. The summed E-state index contributed by atoms with van der Waals surface area (Å²) in [5.41, 5.74) is 0.114. The molecule has 1 atom stereocenters. The van der Waals surface area contributed by atoms with Crippen molar-refractivity contribution in [1.29, 1.82) is 0 Å². The molecule has 1 saturated heterocycles. The molecule has 9 heteroatoms. The topological polar surface area (TPSA) is 141 Å². The van der Waals surface area contributed by atoms with Crippen molar-refractivity contribution in [2.45, 2.75) is 18.9 Å². The van der Waals surface area contributed by atoms with Crippen LogP contribution in [0.25, 0.3) is 5.76 Å². The highest BCUT2D eigenvalue weighted by atomic mass is 16.6. The Kier molecular flexibility index (Phi) is 5.91. The third-order valence-corrected chi connectivity index (χ3v) is 4.76. The first kappa shape index (κ1) is 20.7. The van der Waals surface area contributed by atoms with Crippen LogP contribution < -0.4 is 5.11 Å². The summed E-state index contributed by atoms with van der Waals surface area (Å²) in [6.45, 7) is -0.0997. The fourth-order valence-electron chi connectivity index (χ4n) is 3.41. The van der Waals surface area contributed by atoms with Gasteiger partial charge in [0.15, 0.2) is 0 Å². The van der Waals surface area contributed by atoms with Gasteiger partial charge in [-0.2, -0.15) is 0 Å². The number of hydrogen-bond acceptors (Lipinski definition) is 7. The largest absolute Gasteiger partial charge is 0.550 e. The minimum absolute atomic E-state index is 0.0200. The normalized spacial score (nSPS) is 17.9. The van der Waals surface area contributed by atoms with Crippen LogP contribution in [-0.4, -0.2) is 39.1 Å². The van der Waals surface area contributed by atoms with Crippen molar-refractivity contribution in [3.8, 4) is 0 Å². The number of nitro groups is 1. The van der Waals surface area contributed by atoms with Crippen LogP contribution in [0.2, 0.25) is 0 Å². The highest BCUT2D eigenvalue weighted by molar-refractivity contribution is 6.46. The highest BCUT2D eigenvalue weighted by Crippen LogP contribution is 2.40. The predicted octanol–water partition coefficient (Wildman–Crippen LogP) is 1.55. The molecule has 0 aliphatic carbocycles. The number of aliphatic hydroxyl groups is 1. The van der Waals surface area contributed by atoms with Crippen LogP contribution in [0.1, 0.15) is 30.0 Å². The lowest BCUT2D eigenvalue weighted by atomic mass is 9.95. The molecule has 1 fully saturated rings. The number of rotatable bonds is 7. The Balaban J connectivity index is 2.13. The van der Waals surface area contributed by atoms with Gasteiger partial charge >= 0.3 is 0 Å². The zero-order valence-corrected chi connectivity index (χ0v) is 15.7. The number of likely N-dealkylation sites (tertiary alicyclic amines) is 1. The van der Waals surface area contributed by atoms with Crippen LogP contribution in [0.3, 0.4) is 0 Å². The van der Waals surface area contributed by atoms with Crippen LogP contribution in [0.4, 0.5) is 5.69 Å². The van der Waals surface area contributed by atoms with Gasteiger partial charge < -0.3 is 19.9 Å². The van der Waals surface area contributed by atoms with E-state index in [0.717, 1.165) is 4.90 Å². The Labute approximate surface area is 171 Å². The number of carboxylic acid groups (broad SMARTS) is 1. The van der Waals surface area contributed by atoms with Crippen LogP contribution in [-0.2, 0) is 14.4 Å². The van der Waals surface area contributed by atoms with Gasteiger partial charge in [0.05, 0.1) is 16.5 Å². The Morgan fingerprint density at radius 2 is 1.80 bits per heavy atom. The molecular formula is C21H17N2O7-. The Bertz CT molecular complexity index is 1050. The fourth-order valence-corrected chi connectivity index (χ4v) is 3.41. The van der Waals surface area contributed by atoms with Gasteiger partial charge in [0, 0.05) is 30.2 Å². The van der Waals surface area contributed by atoms with E-state index in [9.17, 15) is 34.7 Å². The number of ketones is 1. The zero-order chi connectivity index (χ0) is 21.8. The van der Waals surface area contributed by atoms with Crippen molar-refractivity contribution in [3.05, 3.63) is 81.4 Å². The first-order valence-corrected chi connectivity index (χ1v) is 9.09. The van der Waals surface area contributed by atoms with Gasteiger partial charge in [-0.15, -0.1) is 0 Å². The van der Waals surface area contributed by atoms with E-state index in [0.29, 0.717) is 5.56 Å². The van der Waals surface area contributed by atoms with Gasteiger partial charge in [-0.3, -0.25) is 19.7 Å². The minimum Gasteiger partial charge on any atom is -0.550 e. The second-order valence-electron chi connectivity index (χ2n) is 6.69. The highest BCUT2D eigenvalue weighted by Gasteiger charge is 2.46. The number of non-ortho nitro benzene ring substituents is 1. The lowest BCUT2D eigenvalue weighted by Crippen LogP contribution is -2.32. The van der Waals surface area contributed by atoms with Crippen LogP contribution in [0, 0.1) is 10.1 Å². The first-order chi connectivity index (χ1) is 14.3. The maximum atomic E-state index is 12.8. The summed E-state index contributed by atoms with van der Waals surface area (Å²) < 4.78 is 0.